The number of anilines is 2. The van der Waals surface area contributed by atoms with Gasteiger partial charge in [0.1, 0.15) is 18.2 Å². The van der Waals surface area contributed by atoms with Gasteiger partial charge in [-0.15, -0.1) is 0 Å². The van der Waals surface area contributed by atoms with Crippen molar-refractivity contribution in [2.45, 2.75) is 24.9 Å². The Morgan fingerprint density at radius 1 is 1.12 bits per heavy atom. The van der Waals surface area contributed by atoms with Gasteiger partial charge in [-0.3, -0.25) is 14.5 Å². The van der Waals surface area contributed by atoms with E-state index in [1.54, 1.807) is 0 Å². The summed E-state index contributed by atoms with van der Waals surface area (Å²) in [7, 11) is 0. The van der Waals surface area contributed by atoms with Crippen molar-refractivity contribution >= 4 is 40.9 Å². The standard InChI is InChI=1S/C26H15ClF7N3O5/c27-16-2-1-12(28)6-15(16)25(41)21-17(35-22(38)10-3-11(26(32,33)34)5-13(29)4-10)7-18-14(20(21)23(39)36-25)9-42-24(40)37(18)8-19(30)31/h1-7,19,41H,8-9H2,(H,35,38)(H,36,39). The van der Waals surface area contributed by atoms with Gasteiger partial charge in [-0.2, -0.15) is 13.2 Å². The molecule has 2 aliphatic heterocycles. The number of cyclic esters (lactones) is 1. The van der Waals surface area contributed by atoms with Crippen LogP contribution in [0.3, 0.4) is 0 Å². The minimum absolute atomic E-state index is 0.147. The number of amides is 3. The van der Waals surface area contributed by atoms with Crippen LogP contribution in [-0.4, -0.2) is 36.0 Å². The Hall–Kier alpha value is -4.37. The first kappa shape index (κ1) is 29.1. The van der Waals surface area contributed by atoms with Gasteiger partial charge in [-0.1, -0.05) is 11.6 Å². The predicted molar refractivity (Wildman–Crippen MR) is 131 cm³/mol. The maximum atomic E-state index is 14.2. The highest BCUT2D eigenvalue weighted by Gasteiger charge is 2.50. The molecule has 1 unspecified atom stereocenters. The lowest BCUT2D eigenvalue weighted by Gasteiger charge is -2.32. The average Bonchev–Trinajstić information content (AvgIpc) is 3.17. The van der Waals surface area contributed by atoms with Crippen LogP contribution < -0.4 is 15.5 Å². The van der Waals surface area contributed by atoms with Crippen molar-refractivity contribution < 1.29 is 55.0 Å². The maximum absolute atomic E-state index is 14.2. The molecule has 42 heavy (non-hydrogen) atoms. The average molecular weight is 618 g/mol. The molecule has 1 atom stereocenters. The first-order chi connectivity index (χ1) is 19.6. The summed E-state index contributed by atoms with van der Waals surface area (Å²) in [6, 6.07) is 4.59. The second kappa shape index (κ2) is 10.2. The van der Waals surface area contributed by atoms with Crippen LogP contribution in [0.2, 0.25) is 5.02 Å². The summed E-state index contributed by atoms with van der Waals surface area (Å²) in [5.41, 5.74) is -7.61. The first-order valence-electron chi connectivity index (χ1n) is 11.7. The van der Waals surface area contributed by atoms with Gasteiger partial charge in [0.15, 0.2) is 5.72 Å². The molecule has 220 valence electrons. The zero-order valence-electron chi connectivity index (χ0n) is 20.6. The van der Waals surface area contributed by atoms with E-state index >= 15 is 0 Å². The van der Waals surface area contributed by atoms with E-state index in [4.69, 9.17) is 16.3 Å². The van der Waals surface area contributed by atoms with Gasteiger partial charge >= 0.3 is 12.3 Å². The van der Waals surface area contributed by atoms with E-state index in [1.165, 1.54) is 0 Å². The summed E-state index contributed by atoms with van der Waals surface area (Å²) in [6.07, 6.45) is -9.38. The molecule has 8 nitrogen and oxygen atoms in total. The van der Waals surface area contributed by atoms with Gasteiger partial charge in [0, 0.05) is 27.3 Å². The molecule has 0 saturated heterocycles. The fourth-order valence-corrected chi connectivity index (χ4v) is 5.04. The van der Waals surface area contributed by atoms with E-state index in [0.29, 0.717) is 17.0 Å². The molecule has 3 aromatic carbocycles. The number of aliphatic hydroxyl groups is 1. The smallest absolute Gasteiger partial charge is 0.416 e. The zero-order chi connectivity index (χ0) is 30.7. The van der Waals surface area contributed by atoms with Gasteiger partial charge < -0.3 is 20.5 Å². The Morgan fingerprint density at radius 3 is 2.50 bits per heavy atom. The number of nitrogens with one attached hydrogen (secondary N) is 2. The first-order valence-corrected chi connectivity index (χ1v) is 12.1. The normalized spacial score (nSPS) is 18.0. The largest absolute Gasteiger partial charge is 0.444 e. The van der Waals surface area contributed by atoms with Gasteiger partial charge in [0.25, 0.3) is 18.2 Å². The predicted octanol–water partition coefficient (Wildman–Crippen LogP) is 5.55. The van der Waals surface area contributed by atoms with Crippen molar-refractivity contribution in [3.05, 3.63) is 92.5 Å². The maximum Gasteiger partial charge on any atom is 0.416 e. The van der Waals surface area contributed by atoms with Gasteiger partial charge in [0.2, 0.25) is 0 Å². The Kier molecular flexibility index (Phi) is 7.05. The topological polar surface area (TPSA) is 108 Å². The molecule has 0 bridgehead atoms. The van der Waals surface area contributed by atoms with Crippen molar-refractivity contribution in [1.29, 1.82) is 0 Å². The third-order valence-corrected chi connectivity index (χ3v) is 6.85. The van der Waals surface area contributed by atoms with E-state index in [1.807, 2.05) is 0 Å². The Bertz CT molecular complexity index is 1670. The van der Waals surface area contributed by atoms with E-state index < -0.39 is 94.5 Å². The summed E-state index contributed by atoms with van der Waals surface area (Å²) in [6.45, 7) is -1.87. The van der Waals surface area contributed by atoms with Crippen LogP contribution >= 0.6 is 11.6 Å². The molecule has 2 aliphatic rings. The SMILES string of the molecule is O=C(Nc1cc2c(c3c1C(O)(c1cc(F)ccc1Cl)NC3=O)COC(=O)N2CC(F)F)c1cc(F)cc(C(F)(F)F)c1. The fraction of sp³-hybridized carbons (Fsp3) is 0.192. The lowest BCUT2D eigenvalue weighted by Crippen LogP contribution is -2.41. The molecular weight excluding hydrogens is 603 g/mol. The third-order valence-electron chi connectivity index (χ3n) is 6.52. The Balaban J connectivity index is 1.74. The number of carbonyl (C=O) groups is 3. The molecule has 2 heterocycles. The number of rotatable bonds is 5. The number of alkyl halides is 5. The lowest BCUT2D eigenvalue weighted by atomic mass is 9.89. The highest BCUT2D eigenvalue weighted by atomic mass is 35.5. The summed E-state index contributed by atoms with van der Waals surface area (Å²) in [5.74, 6) is -4.80. The molecule has 3 aromatic rings. The van der Waals surface area contributed by atoms with E-state index in [2.05, 4.69) is 10.6 Å². The zero-order valence-corrected chi connectivity index (χ0v) is 21.3. The van der Waals surface area contributed by atoms with Crippen LogP contribution in [0.15, 0.2) is 42.5 Å². The fourth-order valence-electron chi connectivity index (χ4n) is 4.79. The Labute approximate surface area is 235 Å². The number of hydrogen-bond donors (Lipinski definition) is 3. The molecule has 0 saturated carbocycles. The summed E-state index contributed by atoms with van der Waals surface area (Å²) < 4.78 is 99.7. The quantitative estimate of drug-likeness (QED) is 0.326. The van der Waals surface area contributed by atoms with Gasteiger partial charge in [-0.05, 0) is 42.5 Å². The molecule has 0 spiro atoms. The molecule has 0 aromatic heterocycles. The molecule has 0 fully saturated rings. The van der Waals surface area contributed by atoms with Crippen molar-refractivity contribution in [3.8, 4) is 0 Å². The van der Waals surface area contributed by atoms with Crippen LogP contribution in [-0.2, 0) is 23.2 Å². The second-order valence-electron chi connectivity index (χ2n) is 9.20. The molecule has 3 amide bonds. The summed E-state index contributed by atoms with van der Waals surface area (Å²) in [5, 5.41) is 15.8. The lowest BCUT2D eigenvalue weighted by molar-refractivity contribution is -0.137. The van der Waals surface area contributed by atoms with Crippen LogP contribution in [0.1, 0.15) is 43.0 Å². The van der Waals surface area contributed by atoms with Crippen LogP contribution in [0, 0.1) is 11.6 Å². The van der Waals surface area contributed by atoms with Crippen molar-refractivity contribution in [1.82, 2.24) is 5.32 Å². The van der Waals surface area contributed by atoms with E-state index in [9.17, 15) is 50.2 Å². The number of nitrogens with zero attached hydrogens (tertiary/aromatic N) is 1. The number of hydrogen-bond acceptors (Lipinski definition) is 5. The number of halogens is 8. The minimum Gasteiger partial charge on any atom is -0.444 e. The molecule has 16 heteroatoms. The van der Waals surface area contributed by atoms with Gasteiger partial charge in [0.05, 0.1) is 29.0 Å². The van der Waals surface area contributed by atoms with Gasteiger partial charge in [-0.25, -0.2) is 22.4 Å². The summed E-state index contributed by atoms with van der Waals surface area (Å²) in [4.78, 5) is 39.2. The van der Waals surface area contributed by atoms with Crippen molar-refractivity contribution in [2.75, 3.05) is 16.8 Å². The number of benzene rings is 3. The number of fused-ring (bicyclic) bond motifs is 3. The summed E-state index contributed by atoms with van der Waals surface area (Å²) >= 11 is 6.18. The third kappa shape index (κ3) is 4.98. The molecule has 3 N–H and O–H groups in total. The monoisotopic (exact) mass is 617 g/mol. The minimum atomic E-state index is -5.04. The molecular formula is C26H15ClF7N3O5. The Morgan fingerprint density at radius 2 is 1.83 bits per heavy atom. The second-order valence-corrected chi connectivity index (χ2v) is 9.60. The van der Waals surface area contributed by atoms with E-state index in [-0.39, 0.29) is 22.3 Å². The van der Waals surface area contributed by atoms with E-state index in [0.717, 1.165) is 24.3 Å². The van der Waals surface area contributed by atoms with Crippen molar-refractivity contribution in [3.63, 3.8) is 0 Å². The highest BCUT2D eigenvalue weighted by molar-refractivity contribution is 6.31. The van der Waals surface area contributed by atoms with Crippen LogP contribution in [0.5, 0.6) is 0 Å². The van der Waals surface area contributed by atoms with Crippen LogP contribution in [0.25, 0.3) is 0 Å². The molecule has 5 rings (SSSR count). The molecule has 0 aliphatic carbocycles. The number of carbonyl (C=O) groups excluding carboxylic acids is 3. The van der Waals surface area contributed by atoms with Crippen molar-refractivity contribution in [2.24, 2.45) is 0 Å². The van der Waals surface area contributed by atoms with Crippen LogP contribution in [0.4, 0.5) is 46.9 Å². The molecule has 0 radical (unpaired) electrons. The number of ether oxygens (including phenoxy) is 1. The highest BCUT2D eigenvalue weighted by Crippen LogP contribution is 2.47.